The highest BCUT2D eigenvalue weighted by atomic mass is 79.9. The van der Waals surface area contributed by atoms with Crippen LogP contribution in [0.2, 0.25) is 0 Å². The molecule has 1 aliphatic heterocycles. The molecule has 0 bridgehead atoms. The molecule has 3 nitrogen and oxygen atoms in total. The zero-order valence-electron chi connectivity index (χ0n) is 11.4. The second-order valence-electron chi connectivity index (χ2n) is 4.91. The molecule has 1 amide bonds. The van der Waals surface area contributed by atoms with Crippen molar-refractivity contribution in [3.63, 3.8) is 0 Å². The molecule has 0 saturated carbocycles. The lowest BCUT2D eigenvalue weighted by atomic mass is 10.1. The molecule has 2 rings (SSSR count). The van der Waals surface area contributed by atoms with E-state index in [4.69, 9.17) is 4.74 Å². The number of hydrogen-bond acceptors (Lipinski definition) is 2. The first kappa shape index (κ1) is 15.4. The molecule has 1 aliphatic rings. The van der Waals surface area contributed by atoms with E-state index in [1.807, 2.05) is 0 Å². The maximum atomic E-state index is 13.5. The number of rotatable bonds is 5. The number of hydrogen-bond donors (Lipinski definition) is 0. The fourth-order valence-electron chi connectivity index (χ4n) is 2.40. The quantitative estimate of drug-likeness (QED) is 0.769. The maximum Gasteiger partial charge on any atom is 0.227 e. The van der Waals surface area contributed by atoms with Crippen LogP contribution >= 0.6 is 15.9 Å². The summed E-state index contributed by atoms with van der Waals surface area (Å²) in [5, 5.41) is 0.833. The van der Waals surface area contributed by atoms with E-state index >= 15 is 0 Å². The highest BCUT2D eigenvalue weighted by Gasteiger charge is 2.23. The fourth-order valence-corrected chi connectivity index (χ4v) is 2.59. The Morgan fingerprint density at radius 1 is 1.35 bits per heavy atom. The third-order valence-corrected chi connectivity index (χ3v) is 3.85. The summed E-state index contributed by atoms with van der Waals surface area (Å²) in [6.45, 7) is 2.09. The van der Waals surface area contributed by atoms with Gasteiger partial charge in [-0.1, -0.05) is 34.1 Å². The van der Waals surface area contributed by atoms with Gasteiger partial charge in [-0.05, 0) is 24.5 Å². The molecule has 20 heavy (non-hydrogen) atoms. The van der Waals surface area contributed by atoms with Crippen molar-refractivity contribution in [2.75, 3.05) is 25.0 Å². The van der Waals surface area contributed by atoms with Gasteiger partial charge in [-0.2, -0.15) is 0 Å². The number of piperidine rings is 1. The van der Waals surface area contributed by atoms with Gasteiger partial charge in [0.15, 0.2) is 0 Å². The monoisotopic (exact) mass is 343 g/mol. The van der Waals surface area contributed by atoms with Crippen molar-refractivity contribution >= 4 is 21.8 Å². The highest BCUT2D eigenvalue weighted by molar-refractivity contribution is 9.09. The second kappa shape index (κ2) is 7.74. The second-order valence-corrected chi connectivity index (χ2v) is 5.70. The number of amides is 1. The molecule has 1 saturated heterocycles. The van der Waals surface area contributed by atoms with Crippen molar-refractivity contribution in [1.82, 2.24) is 4.90 Å². The van der Waals surface area contributed by atoms with Crippen LogP contribution in [0.1, 0.15) is 18.4 Å². The van der Waals surface area contributed by atoms with Crippen LogP contribution in [0, 0.1) is 5.82 Å². The average Bonchev–Trinajstić information content (AvgIpc) is 2.48. The van der Waals surface area contributed by atoms with Crippen LogP contribution in [-0.2, 0) is 16.0 Å². The van der Waals surface area contributed by atoms with E-state index in [2.05, 4.69) is 15.9 Å². The van der Waals surface area contributed by atoms with Crippen LogP contribution in [0.5, 0.6) is 0 Å². The third kappa shape index (κ3) is 4.28. The largest absolute Gasteiger partial charge is 0.377 e. The Hall–Kier alpha value is -0.940. The Morgan fingerprint density at radius 3 is 2.70 bits per heavy atom. The molecule has 1 aromatic carbocycles. The lowest BCUT2D eigenvalue weighted by Gasteiger charge is -2.32. The number of ether oxygens (including phenoxy) is 1. The van der Waals surface area contributed by atoms with Crippen LogP contribution in [0.25, 0.3) is 0 Å². The molecular formula is C15H19BrFNO2. The van der Waals surface area contributed by atoms with Gasteiger partial charge in [-0.25, -0.2) is 4.39 Å². The first-order valence-corrected chi connectivity index (χ1v) is 8.01. The molecule has 1 heterocycles. The molecule has 110 valence electrons. The molecule has 0 spiro atoms. The molecule has 0 atom stereocenters. The van der Waals surface area contributed by atoms with Gasteiger partial charge in [0.25, 0.3) is 0 Å². The predicted molar refractivity (Wildman–Crippen MR) is 79.5 cm³/mol. The topological polar surface area (TPSA) is 29.5 Å². The number of halogens is 2. The SMILES string of the molecule is O=C(Cc1ccccc1F)N1CCC(OCCBr)CC1. The smallest absolute Gasteiger partial charge is 0.227 e. The molecule has 0 aromatic heterocycles. The first-order chi connectivity index (χ1) is 9.70. The molecule has 0 aliphatic carbocycles. The van der Waals surface area contributed by atoms with Crippen LogP contribution < -0.4 is 0 Å². The Balaban J connectivity index is 1.82. The molecule has 5 heteroatoms. The molecular weight excluding hydrogens is 325 g/mol. The summed E-state index contributed by atoms with van der Waals surface area (Å²) in [6.07, 6.45) is 2.09. The van der Waals surface area contributed by atoms with Crippen LogP contribution in [0.15, 0.2) is 24.3 Å². The summed E-state index contributed by atoms with van der Waals surface area (Å²) in [4.78, 5) is 14.0. The van der Waals surface area contributed by atoms with E-state index in [1.165, 1.54) is 6.07 Å². The summed E-state index contributed by atoms with van der Waals surface area (Å²) in [5.41, 5.74) is 0.468. The lowest BCUT2D eigenvalue weighted by molar-refractivity contribution is -0.133. The third-order valence-electron chi connectivity index (χ3n) is 3.52. The van der Waals surface area contributed by atoms with E-state index in [-0.39, 0.29) is 24.2 Å². The summed E-state index contributed by atoms with van der Waals surface area (Å²) in [7, 11) is 0. The minimum absolute atomic E-state index is 0.00552. The number of benzene rings is 1. The normalized spacial score (nSPS) is 16.4. The molecule has 1 aromatic rings. The minimum Gasteiger partial charge on any atom is -0.377 e. The lowest BCUT2D eigenvalue weighted by Crippen LogP contribution is -2.41. The minimum atomic E-state index is -0.309. The van der Waals surface area contributed by atoms with Gasteiger partial charge >= 0.3 is 0 Å². The number of carbonyl (C=O) groups is 1. The van der Waals surface area contributed by atoms with Crippen molar-refractivity contribution in [3.05, 3.63) is 35.6 Å². The Labute approximate surface area is 127 Å². The highest BCUT2D eigenvalue weighted by Crippen LogP contribution is 2.16. The van der Waals surface area contributed by atoms with Gasteiger partial charge in [0, 0.05) is 18.4 Å². The number of carbonyl (C=O) groups excluding carboxylic acids is 1. The zero-order chi connectivity index (χ0) is 14.4. The molecule has 0 radical (unpaired) electrons. The summed E-state index contributed by atoms with van der Waals surface area (Å²) in [6, 6.07) is 6.45. The van der Waals surface area contributed by atoms with E-state index in [1.54, 1.807) is 23.1 Å². The maximum absolute atomic E-state index is 13.5. The van der Waals surface area contributed by atoms with Crippen molar-refractivity contribution in [1.29, 1.82) is 0 Å². The standard InChI is InChI=1S/C15H19BrFNO2/c16-7-10-20-13-5-8-18(9-6-13)15(19)11-12-3-1-2-4-14(12)17/h1-4,13H,5-11H2. The Kier molecular flexibility index (Phi) is 5.98. The zero-order valence-corrected chi connectivity index (χ0v) is 12.9. The van der Waals surface area contributed by atoms with Gasteiger partial charge in [0.05, 0.1) is 19.1 Å². The molecule has 1 fully saturated rings. The van der Waals surface area contributed by atoms with Crippen molar-refractivity contribution in [2.24, 2.45) is 0 Å². The molecule has 0 N–H and O–H groups in total. The number of nitrogens with zero attached hydrogens (tertiary/aromatic N) is 1. The van der Waals surface area contributed by atoms with E-state index < -0.39 is 0 Å². The van der Waals surface area contributed by atoms with E-state index in [0.29, 0.717) is 25.3 Å². The average molecular weight is 344 g/mol. The van der Waals surface area contributed by atoms with E-state index in [9.17, 15) is 9.18 Å². The number of alkyl halides is 1. The van der Waals surface area contributed by atoms with Crippen LogP contribution in [0.3, 0.4) is 0 Å². The van der Waals surface area contributed by atoms with Crippen molar-refractivity contribution in [3.8, 4) is 0 Å². The fraction of sp³-hybridized carbons (Fsp3) is 0.533. The van der Waals surface area contributed by atoms with Crippen LogP contribution in [0.4, 0.5) is 4.39 Å². The van der Waals surface area contributed by atoms with Gasteiger partial charge in [-0.3, -0.25) is 4.79 Å². The van der Waals surface area contributed by atoms with Gasteiger partial charge in [0.1, 0.15) is 5.82 Å². The summed E-state index contributed by atoms with van der Waals surface area (Å²) < 4.78 is 19.2. The van der Waals surface area contributed by atoms with Crippen molar-refractivity contribution in [2.45, 2.75) is 25.4 Å². The molecule has 0 unspecified atom stereocenters. The van der Waals surface area contributed by atoms with Crippen LogP contribution in [-0.4, -0.2) is 41.9 Å². The van der Waals surface area contributed by atoms with Gasteiger partial charge in [0.2, 0.25) is 5.91 Å². The van der Waals surface area contributed by atoms with Crippen molar-refractivity contribution < 1.29 is 13.9 Å². The van der Waals surface area contributed by atoms with Gasteiger partial charge < -0.3 is 9.64 Å². The Morgan fingerprint density at radius 2 is 2.05 bits per heavy atom. The predicted octanol–water partition coefficient (Wildman–Crippen LogP) is 2.77. The Bertz CT molecular complexity index is 447. The first-order valence-electron chi connectivity index (χ1n) is 6.89. The van der Waals surface area contributed by atoms with E-state index in [0.717, 1.165) is 18.2 Å². The number of likely N-dealkylation sites (tertiary alicyclic amines) is 1. The van der Waals surface area contributed by atoms with Gasteiger partial charge in [-0.15, -0.1) is 0 Å². The summed E-state index contributed by atoms with van der Waals surface area (Å²) >= 11 is 3.33. The summed E-state index contributed by atoms with van der Waals surface area (Å²) in [5.74, 6) is -0.314.